The molecule has 2 aromatic carbocycles. The quantitative estimate of drug-likeness (QED) is 0.0975. The van der Waals surface area contributed by atoms with E-state index in [9.17, 15) is 19.5 Å². The minimum Gasteiger partial charge on any atom is -0.469 e. The van der Waals surface area contributed by atoms with Gasteiger partial charge in [-0.3, -0.25) is 19.1 Å². The Morgan fingerprint density at radius 2 is 1.18 bits per heavy atom. The van der Waals surface area contributed by atoms with Gasteiger partial charge in [0.25, 0.3) is 8.32 Å². The molecule has 404 valence electrons. The number of hydrogen-bond donors (Lipinski definition) is 1. The fourth-order valence-electron chi connectivity index (χ4n) is 10.0. The second kappa shape index (κ2) is 26.9. The molecule has 4 heterocycles. The Balaban J connectivity index is 0.000000492. The molecule has 0 spiro atoms. The van der Waals surface area contributed by atoms with E-state index >= 15 is 0 Å². The number of carbonyl (C=O) groups is 3. The first-order valence-electron chi connectivity index (χ1n) is 25.8. The molecular formula is C57H89FN2O11Si. The number of nitrogens with zero attached hydrogens (tertiary/aromatic N) is 2. The molecule has 0 radical (unpaired) electrons. The number of rotatable bonds is 16. The summed E-state index contributed by atoms with van der Waals surface area (Å²) in [6, 6.07) is 21.2. The van der Waals surface area contributed by atoms with Crippen molar-refractivity contribution in [3.05, 3.63) is 83.5 Å². The normalized spacial score (nSPS) is 26.7. The largest absolute Gasteiger partial charge is 0.469 e. The van der Waals surface area contributed by atoms with Gasteiger partial charge in [-0.05, 0) is 75.2 Å². The van der Waals surface area contributed by atoms with Crippen molar-refractivity contribution < 1.29 is 58.5 Å². The molecule has 0 aliphatic carbocycles. The highest BCUT2D eigenvalue weighted by atomic mass is 28.4. The molecule has 6 rings (SSSR count). The topological polar surface area (TPSA) is 145 Å². The lowest BCUT2D eigenvalue weighted by molar-refractivity contribution is -0.184. The van der Waals surface area contributed by atoms with Gasteiger partial charge in [0.1, 0.15) is 17.0 Å². The van der Waals surface area contributed by atoms with Crippen LogP contribution in [0.5, 0.6) is 0 Å². The molecule has 4 fully saturated rings. The fourth-order valence-corrected chi connectivity index (χ4v) is 14.6. The number of aliphatic hydroxyl groups excluding tert-OH is 1. The summed E-state index contributed by atoms with van der Waals surface area (Å²) >= 11 is 0. The van der Waals surface area contributed by atoms with Gasteiger partial charge in [0, 0.05) is 59.2 Å². The molecular weight excluding hydrogens is 936 g/mol. The third kappa shape index (κ3) is 16.5. The van der Waals surface area contributed by atoms with Crippen LogP contribution < -0.4 is 10.4 Å². The molecule has 4 aliphatic rings. The molecule has 4 saturated heterocycles. The van der Waals surface area contributed by atoms with Gasteiger partial charge in [-0.2, -0.15) is 0 Å². The van der Waals surface area contributed by atoms with E-state index in [1.54, 1.807) is 6.92 Å². The van der Waals surface area contributed by atoms with Crippen molar-refractivity contribution in [3.63, 3.8) is 0 Å². The van der Waals surface area contributed by atoms with Crippen molar-refractivity contribution >= 4 is 36.4 Å². The van der Waals surface area contributed by atoms with Gasteiger partial charge in [0.15, 0.2) is 0 Å². The smallest absolute Gasteiger partial charge is 0.311 e. The van der Waals surface area contributed by atoms with Crippen LogP contribution >= 0.6 is 0 Å². The average Bonchev–Trinajstić information content (AvgIpc) is 3.88. The molecule has 0 bridgehead atoms. The van der Waals surface area contributed by atoms with Crippen molar-refractivity contribution in [1.29, 1.82) is 0 Å². The van der Waals surface area contributed by atoms with Gasteiger partial charge in [-0.15, -0.1) is 0 Å². The molecule has 10 atom stereocenters. The number of methoxy groups -OCH3 is 1. The highest BCUT2D eigenvalue weighted by Crippen LogP contribution is 2.47. The molecule has 0 amide bonds. The van der Waals surface area contributed by atoms with Gasteiger partial charge in [-0.25, -0.2) is 13.1 Å². The van der Waals surface area contributed by atoms with Crippen molar-refractivity contribution in [2.24, 2.45) is 10.8 Å². The summed E-state index contributed by atoms with van der Waals surface area (Å²) in [6.07, 6.45) is 7.10. The molecule has 1 N–H and O–H groups in total. The Bertz CT molecular complexity index is 2060. The zero-order chi connectivity index (χ0) is 52.8. The van der Waals surface area contributed by atoms with E-state index in [2.05, 4.69) is 95.9 Å². The first-order valence-corrected chi connectivity index (χ1v) is 27.7. The van der Waals surface area contributed by atoms with E-state index in [0.29, 0.717) is 58.2 Å². The van der Waals surface area contributed by atoms with Crippen molar-refractivity contribution in [2.45, 2.75) is 219 Å². The van der Waals surface area contributed by atoms with E-state index in [0.717, 1.165) is 25.7 Å². The number of benzene rings is 2. The highest BCUT2D eigenvalue weighted by molar-refractivity contribution is 6.99. The second-order valence-electron chi connectivity index (χ2n) is 23.3. The summed E-state index contributed by atoms with van der Waals surface area (Å²) in [6.45, 7) is 38.9. The summed E-state index contributed by atoms with van der Waals surface area (Å²) in [5.41, 5.74) is -1.98. The van der Waals surface area contributed by atoms with Crippen LogP contribution in [0.4, 0.5) is 4.70 Å². The van der Waals surface area contributed by atoms with Gasteiger partial charge < -0.3 is 47.6 Å². The zero-order valence-corrected chi connectivity index (χ0v) is 46.6. The molecule has 0 aromatic heterocycles. The predicted molar refractivity (Wildman–Crippen MR) is 283 cm³/mol. The fraction of sp³-hybridized carbons (Fsp3) is 0.702. The van der Waals surface area contributed by atoms with Crippen LogP contribution in [0.3, 0.4) is 0 Å². The second-order valence-corrected chi connectivity index (χ2v) is 27.6. The maximum atomic E-state index is 12.4. The first-order chi connectivity index (χ1) is 33.3. The Hall–Kier alpha value is -4.06. The minimum absolute atomic E-state index is 0. The Labute approximate surface area is 433 Å². The van der Waals surface area contributed by atoms with Crippen LogP contribution in [0.15, 0.2) is 60.7 Å². The molecule has 0 saturated carbocycles. The van der Waals surface area contributed by atoms with Crippen LogP contribution in [0.1, 0.15) is 155 Å². The molecule has 15 heteroatoms. The maximum Gasteiger partial charge on any atom is 0.311 e. The average molecular weight is 1030 g/mol. The van der Waals surface area contributed by atoms with Gasteiger partial charge in [0.2, 0.25) is 12.1 Å². The van der Waals surface area contributed by atoms with E-state index in [1.165, 1.54) is 17.5 Å². The number of halogens is 1. The number of esters is 2. The zero-order valence-electron chi connectivity index (χ0n) is 45.6. The van der Waals surface area contributed by atoms with E-state index in [1.807, 2.05) is 55.4 Å². The number of aliphatic hydroxyl groups is 1. The molecule has 13 nitrogen and oxygen atoms in total. The van der Waals surface area contributed by atoms with Gasteiger partial charge >= 0.3 is 11.9 Å². The van der Waals surface area contributed by atoms with Crippen LogP contribution in [0.2, 0.25) is 5.04 Å². The number of ketones is 1. The van der Waals surface area contributed by atoms with Gasteiger partial charge in [-0.1, -0.05) is 102 Å². The Kier molecular flexibility index (Phi) is 23.3. The predicted octanol–water partition coefficient (Wildman–Crippen LogP) is 10.0. The summed E-state index contributed by atoms with van der Waals surface area (Å²) in [4.78, 5) is 41.4. The van der Waals surface area contributed by atoms with E-state index < -0.39 is 24.9 Å². The van der Waals surface area contributed by atoms with Crippen LogP contribution in [0.25, 0.3) is 9.69 Å². The highest BCUT2D eigenvalue weighted by Gasteiger charge is 2.58. The summed E-state index contributed by atoms with van der Waals surface area (Å²) < 4.78 is 43.4. The van der Waals surface area contributed by atoms with E-state index in [-0.39, 0.29) is 89.6 Å². The Morgan fingerprint density at radius 3 is 1.60 bits per heavy atom. The number of hydrogen-bond acceptors (Lipinski definition) is 11. The molecule has 2 aromatic rings. The molecule has 72 heavy (non-hydrogen) atoms. The third-order valence-electron chi connectivity index (χ3n) is 14.4. The first kappa shape index (κ1) is 62.2. The summed E-state index contributed by atoms with van der Waals surface area (Å²) in [5, 5.41) is 12.2. The number of Topliss-reactive ketones (excluding diaryl/α,β-unsaturated/α-hetero) is 1. The lowest BCUT2D eigenvalue weighted by Gasteiger charge is -2.47. The standard InChI is InChI=1S/C35H49NO5Si.C16H25NO5.C6H12O.FH.H2/c1-26(36-8)23-27-19-20-31-35(41-27,24-28(40-31)21-22-38-32(37)33(2,3)4)25-39-42(34(5,6)7,29-15-11-9-12-16-29)30-17-13-10-14-18-30;1-11(17-2)8-12-4-6-14-16(10-18,22-12)9-13(21-14)5-7-15(19)20-3;1-5(7)6(2,3)4;;/h9-18,26-28,31H,19-25H2,1-7H3;11-14,18H,4-10H2,1,3H3;1-4H3;2*1H/t26-,27-,28+,31+,35-;11-,12-,13+,14+,16-;;;/m11.../s1/i;;;;1+1. The van der Waals surface area contributed by atoms with E-state index in [4.69, 9.17) is 41.3 Å². The Morgan fingerprint density at radius 1 is 0.736 bits per heavy atom. The molecule has 4 aliphatic heterocycles. The number of fused-ring (bicyclic) bond motifs is 2. The maximum absolute atomic E-state index is 12.4. The SMILES string of the molecule is CC(=O)C(C)(C)C.F.[2HH].[C-]#[N+][C@H](C)C[C@H]1CC[C@@H]2O[C@@H](CCC(=O)OC)C[C@]2(CO)O1.[C-]#[N+][C@H](C)C[C@H]1CC[C@@H]2O[C@@H](CCOC(=O)C(C)(C)C)C[C@]2(CO[Si](c2ccccc2)(c2ccccc2)C(C)(C)C)O1. The molecule has 0 unspecified atom stereocenters. The van der Waals surface area contributed by atoms with Crippen LogP contribution in [-0.4, -0.2) is 118 Å². The van der Waals surface area contributed by atoms with Gasteiger partial charge in [0.05, 0.1) is 69.0 Å². The van der Waals surface area contributed by atoms with Crippen LogP contribution in [-0.2, 0) is 47.2 Å². The van der Waals surface area contributed by atoms with Crippen molar-refractivity contribution in [3.8, 4) is 0 Å². The third-order valence-corrected chi connectivity index (χ3v) is 19.4. The number of ether oxygens (including phenoxy) is 6. The van der Waals surface area contributed by atoms with Crippen molar-refractivity contribution in [2.75, 3.05) is 26.9 Å². The van der Waals surface area contributed by atoms with Crippen LogP contribution in [0, 0.1) is 24.0 Å². The summed E-state index contributed by atoms with van der Waals surface area (Å²) in [5.74, 6) is -0.208. The van der Waals surface area contributed by atoms with Crippen molar-refractivity contribution in [1.82, 2.24) is 0 Å². The monoisotopic (exact) mass is 1030 g/mol. The summed E-state index contributed by atoms with van der Waals surface area (Å²) in [7, 11) is -1.42. The minimum atomic E-state index is -2.80. The lowest BCUT2D eigenvalue weighted by atomic mass is 9.85. The number of carbonyl (C=O) groups excluding carboxylic acids is 3. The lowest BCUT2D eigenvalue weighted by Crippen LogP contribution is -2.68.